The monoisotopic (exact) mass is 358 g/mol. The molecule has 0 aliphatic carbocycles. The average molecular weight is 358 g/mol. The molecule has 0 unspecified atom stereocenters. The Balaban J connectivity index is 1.45. The molecule has 134 valence electrons. The van der Waals surface area contributed by atoms with Gasteiger partial charge in [0.15, 0.2) is 0 Å². The zero-order valence-electron chi connectivity index (χ0n) is 14.5. The minimum absolute atomic E-state index is 0.0944. The molecule has 7 heteroatoms. The quantitative estimate of drug-likeness (QED) is 0.518. The van der Waals surface area contributed by atoms with Crippen LogP contribution in [0, 0.1) is 0 Å². The van der Waals surface area contributed by atoms with Crippen LogP contribution in [0.5, 0.6) is 0 Å². The van der Waals surface area contributed by atoms with Gasteiger partial charge in [0.2, 0.25) is 0 Å². The van der Waals surface area contributed by atoms with Crippen LogP contribution in [0.25, 0.3) is 17.0 Å². The van der Waals surface area contributed by atoms with Crippen LogP contribution in [0.4, 0.5) is 5.82 Å². The van der Waals surface area contributed by atoms with Crippen molar-refractivity contribution in [2.45, 2.75) is 0 Å². The van der Waals surface area contributed by atoms with E-state index in [4.69, 9.17) is 0 Å². The maximum atomic E-state index is 12.1. The summed E-state index contributed by atoms with van der Waals surface area (Å²) in [7, 11) is 0. The molecule has 0 spiro atoms. The molecule has 1 amide bonds. The van der Waals surface area contributed by atoms with Crippen LogP contribution >= 0.6 is 0 Å². The normalized spacial score (nSPS) is 10.7. The molecular weight excluding hydrogens is 340 g/mol. The van der Waals surface area contributed by atoms with Crippen molar-refractivity contribution in [3.8, 4) is 11.3 Å². The molecule has 0 saturated heterocycles. The lowest BCUT2D eigenvalue weighted by molar-refractivity contribution is 0.0955. The predicted octanol–water partition coefficient (Wildman–Crippen LogP) is 2.63. The van der Waals surface area contributed by atoms with Gasteiger partial charge in [0.05, 0.1) is 5.69 Å². The number of nitrogens with one attached hydrogen (secondary N) is 2. The molecule has 4 rings (SSSR count). The molecule has 2 heterocycles. The second-order valence-corrected chi connectivity index (χ2v) is 5.91. The third kappa shape index (κ3) is 3.77. The van der Waals surface area contributed by atoms with Gasteiger partial charge in [-0.25, -0.2) is 4.98 Å². The molecule has 2 aromatic carbocycles. The Labute approximate surface area is 156 Å². The van der Waals surface area contributed by atoms with Gasteiger partial charge in [0, 0.05) is 30.3 Å². The summed E-state index contributed by atoms with van der Waals surface area (Å²) < 4.78 is 1.64. The number of aromatic nitrogens is 4. The fraction of sp³-hybridized carbons (Fsp3) is 0.100. The Morgan fingerprint density at radius 3 is 2.48 bits per heavy atom. The third-order valence-corrected chi connectivity index (χ3v) is 4.07. The van der Waals surface area contributed by atoms with Gasteiger partial charge in [-0.2, -0.15) is 14.6 Å². The molecule has 4 aromatic rings. The minimum Gasteiger partial charge on any atom is -0.368 e. The predicted molar refractivity (Wildman–Crippen MR) is 103 cm³/mol. The van der Waals surface area contributed by atoms with Gasteiger partial charge in [-0.3, -0.25) is 4.79 Å². The van der Waals surface area contributed by atoms with Crippen molar-refractivity contribution in [3.63, 3.8) is 0 Å². The van der Waals surface area contributed by atoms with E-state index in [1.54, 1.807) is 16.6 Å². The number of carbonyl (C=O) groups excluding carboxylic acids is 1. The number of nitrogens with zero attached hydrogens (tertiary/aromatic N) is 4. The summed E-state index contributed by atoms with van der Waals surface area (Å²) in [4.78, 5) is 20.8. The zero-order valence-corrected chi connectivity index (χ0v) is 14.5. The Kier molecular flexibility index (Phi) is 4.74. The summed E-state index contributed by atoms with van der Waals surface area (Å²) in [6.45, 7) is 1.03. The van der Waals surface area contributed by atoms with Gasteiger partial charge in [0.1, 0.15) is 12.1 Å². The van der Waals surface area contributed by atoms with Gasteiger partial charge in [-0.1, -0.05) is 48.5 Å². The van der Waals surface area contributed by atoms with Gasteiger partial charge >= 0.3 is 0 Å². The number of carbonyl (C=O) groups is 1. The topological polar surface area (TPSA) is 84.2 Å². The first-order chi connectivity index (χ1) is 13.3. The van der Waals surface area contributed by atoms with E-state index in [0.717, 1.165) is 17.1 Å². The van der Waals surface area contributed by atoms with Crippen molar-refractivity contribution < 1.29 is 4.79 Å². The Morgan fingerprint density at radius 2 is 1.70 bits per heavy atom. The maximum Gasteiger partial charge on any atom is 0.254 e. The van der Waals surface area contributed by atoms with Crippen LogP contribution in [0.2, 0.25) is 0 Å². The van der Waals surface area contributed by atoms with Crippen molar-refractivity contribution in [1.29, 1.82) is 0 Å². The molecule has 0 radical (unpaired) electrons. The highest BCUT2D eigenvalue weighted by atomic mass is 16.1. The molecule has 0 aliphatic rings. The van der Waals surface area contributed by atoms with Crippen molar-refractivity contribution in [2.24, 2.45) is 0 Å². The van der Waals surface area contributed by atoms with E-state index in [-0.39, 0.29) is 5.91 Å². The molecule has 2 aromatic heterocycles. The van der Waals surface area contributed by atoms with Crippen LogP contribution in [-0.4, -0.2) is 38.6 Å². The van der Waals surface area contributed by atoms with E-state index >= 15 is 0 Å². The molecule has 0 saturated carbocycles. The molecular formula is C20H18N6O. The van der Waals surface area contributed by atoms with Gasteiger partial charge in [0.25, 0.3) is 11.7 Å². The first-order valence-electron chi connectivity index (χ1n) is 8.64. The summed E-state index contributed by atoms with van der Waals surface area (Å²) in [5.41, 5.74) is 2.46. The number of hydrogen-bond acceptors (Lipinski definition) is 5. The second kappa shape index (κ2) is 7.65. The standard InChI is InChI=1S/C20H18N6O/c27-19(16-9-5-2-6-10-16)22-12-11-21-18-13-17(15-7-3-1-4-8-15)25-20-23-14-24-26(18)20/h1-10,13-14,21H,11-12H2,(H,22,27). The van der Waals surface area contributed by atoms with E-state index in [1.807, 2.05) is 54.6 Å². The highest BCUT2D eigenvalue weighted by Crippen LogP contribution is 2.20. The van der Waals surface area contributed by atoms with Crippen molar-refractivity contribution in [1.82, 2.24) is 24.9 Å². The summed E-state index contributed by atoms with van der Waals surface area (Å²) in [6.07, 6.45) is 1.47. The molecule has 27 heavy (non-hydrogen) atoms. The number of fused-ring (bicyclic) bond motifs is 1. The van der Waals surface area contributed by atoms with Crippen molar-refractivity contribution in [2.75, 3.05) is 18.4 Å². The highest BCUT2D eigenvalue weighted by Gasteiger charge is 2.09. The van der Waals surface area contributed by atoms with Gasteiger partial charge < -0.3 is 10.6 Å². The Morgan fingerprint density at radius 1 is 0.963 bits per heavy atom. The van der Waals surface area contributed by atoms with Crippen LogP contribution in [0.15, 0.2) is 73.1 Å². The smallest absolute Gasteiger partial charge is 0.254 e. The van der Waals surface area contributed by atoms with Crippen LogP contribution in [0.3, 0.4) is 0 Å². The number of rotatable bonds is 6. The van der Waals surface area contributed by atoms with Crippen LogP contribution < -0.4 is 10.6 Å². The summed E-state index contributed by atoms with van der Waals surface area (Å²) in [5, 5.41) is 10.4. The lowest BCUT2D eigenvalue weighted by Gasteiger charge is -2.11. The molecule has 2 N–H and O–H groups in total. The molecule has 0 bridgehead atoms. The highest BCUT2D eigenvalue weighted by molar-refractivity contribution is 5.94. The average Bonchev–Trinajstić information content (AvgIpc) is 3.21. The number of benzene rings is 2. The summed E-state index contributed by atoms with van der Waals surface area (Å²) in [6, 6.07) is 21.0. The SMILES string of the molecule is O=C(NCCNc1cc(-c2ccccc2)nc2ncnn12)c1ccccc1. The summed E-state index contributed by atoms with van der Waals surface area (Å²) in [5.74, 6) is 1.19. The third-order valence-electron chi connectivity index (χ3n) is 4.07. The second-order valence-electron chi connectivity index (χ2n) is 5.91. The molecule has 7 nitrogen and oxygen atoms in total. The summed E-state index contributed by atoms with van der Waals surface area (Å²) >= 11 is 0. The minimum atomic E-state index is -0.0944. The lowest BCUT2D eigenvalue weighted by atomic mass is 10.1. The first-order valence-corrected chi connectivity index (χ1v) is 8.64. The fourth-order valence-electron chi connectivity index (χ4n) is 2.75. The van der Waals surface area contributed by atoms with Crippen LogP contribution in [0.1, 0.15) is 10.4 Å². The van der Waals surface area contributed by atoms with E-state index in [0.29, 0.717) is 24.4 Å². The van der Waals surface area contributed by atoms with E-state index < -0.39 is 0 Å². The number of anilines is 1. The largest absolute Gasteiger partial charge is 0.368 e. The van der Waals surface area contributed by atoms with Crippen molar-refractivity contribution >= 4 is 17.5 Å². The lowest BCUT2D eigenvalue weighted by Crippen LogP contribution is -2.29. The molecule has 0 fully saturated rings. The van der Waals surface area contributed by atoms with Crippen molar-refractivity contribution in [3.05, 3.63) is 78.6 Å². The fourth-order valence-corrected chi connectivity index (χ4v) is 2.75. The Bertz CT molecular complexity index is 1050. The zero-order chi connectivity index (χ0) is 18.5. The van der Waals surface area contributed by atoms with Gasteiger partial charge in [-0.05, 0) is 12.1 Å². The number of hydrogen-bond donors (Lipinski definition) is 2. The number of amides is 1. The van der Waals surface area contributed by atoms with E-state index in [9.17, 15) is 4.79 Å². The van der Waals surface area contributed by atoms with E-state index in [1.165, 1.54) is 6.33 Å². The first kappa shape index (κ1) is 16.7. The van der Waals surface area contributed by atoms with Crippen LogP contribution in [-0.2, 0) is 0 Å². The Hall–Kier alpha value is -3.74. The molecule has 0 atom stereocenters. The van der Waals surface area contributed by atoms with Gasteiger partial charge in [-0.15, -0.1) is 0 Å². The molecule has 0 aliphatic heterocycles. The van der Waals surface area contributed by atoms with E-state index in [2.05, 4.69) is 25.7 Å². The maximum absolute atomic E-state index is 12.1.